The number of carbonyl (C=O) groups excluding carboxylic acids is 2. The summed E-state index contributed by atoms with van der Waals surface area (Å²) in [5.41, 5.74) is 0.589. The number of oxazole rings is 1. The van der Waals surface area contributed by atoms with E-state index >= 15 is 0 Å². The third-order valence-corrected chi connectivity index (χ3v) is 5.85. The standard InChI is InChI=1S/C25H25F2N3O5/c1-33-20-6-3-16(13-21(20)34-2)25(32)30-11-9-29(10-12-30)24(31)8-7-23-28-15-22(35-23)18-5-4-17(26)14-19(18)27/h3-6,13-15H,7-12H2,1-2H3. The van der Waals surface area contributed by atoms with Gasteiger partial charge in [-0.1, -0.05) is 0 Å². The lowest BCUT2D eigenvalue weighted by atomic mass is 10.1. The Morgan fingerprint density at radius 1 is 0.971 bits per heavy atom. The summed E-state index contributed by atoms with van der Waals surface area (Å²) in [4.78, 5) is 33.0. The first-order valence-corrected chi connectivity index (χ1v) is 11.1. The molecule has 0 N–H and O–H groups in total. The predicted octanol–water partition coefficient (Wildman–Crippen LogP) is 3.55. The van der Waals surface area contributed by atoms with Gasteiger partial charge in [0.2, 0.25) is 5.91 Å². The molecule has 1 aromatic heterocycles. The highest BCUT2D eigenvalue weighted by Gasteiger charge is 2.25. The van der Waals surface area contributed by atoms with Crippen LogP contribution < -0.4 is 9.47 Å². The molecule has 1 fully saturated rings. The van der Waals surface area contributed by atoms with Crippen LogP contribution in [0.1, 0.15) is 22.7 Å². The Morgan fingerprint density at radius 3 is 2.37 bits per heavy atom. The van der Waals surface area contributed by atoms with E-state index in [4.69, 9.17) is 13.9 Å². The van der Waals surface area contributed by atoms with Crippen molar-refractivity contribution in [2.45, 2.75) is 12.8 Å². The second-order valence-corrected chi connectivity index (χ2v) is 7.99. The summed E-state index contributed by atoms with van der Waals surface area (Å²) in [7, 11) is 3.04. The van der Waals surface area contributed by atoms with Gasteiger partial charge in [-0.15, -0.1) is 0 Å². The smallest absolute Gasteiger partial charge is 0.254 e. The molecule has 8 nitrogen and oxygen atoms in total. The van der Waals surface area contributed by atoms with Gasteiger partial charge in [0, 0.05) is 50.7 Å². The van der Waals surface area contributed by atoms with Crippen molar-refractivity contribution in [3.63, 3.8) is 0 Å². The minimum absolute atomic E-state index is 0.0871. The molecule has 35 heavy (non-hydrogen) atoms. The Labute approximate surface area is 201 Å². The van der Waals surface area contributed by atoms with Crippen LogP contribution in [0.2, 0.25) is 0 Å². The van der Waals surface area contributed by atoms with Crippen molar-refractivity contribution in [3.8, 4) is 22.8 Å². The van der Waals surface area contributed by atoms with Crippen molar-refractivity contribution >= 4 is 11.8 Å². The minimum atomic E-state index is -0.746. The molecule has 0 aliphatic carbocycles. The number of hydrogen-bond acceptors (Lipinski definition) is 6. The molecule has 0 bridgehead atoms. The molecule has 2 aromatic carbocycles. The number of carbonyl (C=O) groups is 2. The first-order chi connectivity index (χ1) is 16.9. The van der Waals surface area contributed by atoms with Crippen molar-refractivity contribution in [2.24, 2.45) is 0 Å². The summed E-state index contributed by atoms with van der Waals surface area (Å²) in [5.74, 6) is -0.170. The number of benzene rings is 2. The molecule has 184 valence electrons. The fourth-order valence-corrected chi connectivity index (χ4v) is 3.92. The van der Waals surface area contributed by atoms with Crippen LogP contribution in [-0.4, -0.2) is 67.0 Å². The second kappa shape index (κ2) is 10.5. The van der Waals surface area contributed by atoms with E-state index in [-0.39, 0.29) is 36.0 Å². The van der Waals surface area contributed by atoms with Gasteiger partial charge in [-0.25, -0.2) is 13.8 Å². The largest absolute Gasteiger partial charge is 0.493 e. The van der Waals surface area contributed by atoms with Gasteiger partial charge in [0.25, 0.3) is 5.91 Å². The van der Waals surface area contributed by atoms with Gasteiger partial charge in [-0.3, -0.25) is 9.59 Å². The van der Waals surface area contributed by atoms with Gasteiger partial charge in [-0.05, 0) is 30.3 Å². The normalized spacial score (nSPS) is 13.6. The van der Waals surface area contributed by atoms with Gasteiger partial charge in [0.15, 0.2) is 23.1 Å². The first-order valence-electron chi connectivity index (χ1n) is 11.1. The number of amides is 2. The van der Waals surface area contributed by atoms with Gasteiger partial charge in [-0.2, -0.15) is 0 Å². The Hall–Kier alpha value is -3.95. The van der Waals surface area contributed by atoms with Crippen LogP contribution in [0.25, 0.3) is 11.3 Å². The molecule has 2 heterocycles. The van der Waals surface area contributed by atoms with Crippen LogP contribution in [0.5, 0.6) is 11.5 Å². The zero-order chi connectivity index (χ0) is 24.9. The summed E-state index contributed by atoms with van der Waals surface area (Å²) in [5, 5.41) is 0. The Kier molecular flexibility index (Phi) is 7.28. The fraction of sp³-hybridized carbons (Fsp3) is 0.320. The number of ether oxygens (including phenoxy) is 2. The molecular formula is C25H25F2N3O5. The number of hydrogen-bond donors (Lipinski definition) is 0. The average molecular weight is 485 g/mol. The molecule has 1 aliphatic rings. The molecule has 0 atom stereocenters. The Balaban J connectivity index is 1.29. The van der Waals surface area contributed by atoms with Gasteiger partial charge in [0.05, 0.1) is 26.0 Å². The summed E-state index contributed by atoms with van der Waals surface area (Å²) in [6.07, 6.45) is 1.76. The third kappa shape index (κ3) is 5.42. The SMILES string of the molecule is COc1ccc(C(=O)N2CCN(C(=O)CCc3ncc(-c4ccc(F)cc4F)o3)CC2)cc1OC. The van der Waals surface area contributed by atoms with Crippen LogP contribution in [0.4, 0.5) is 8.78 Å². The lowest BCUT2D eigenvalue weighted by Gasteiger charge is -2.35. The van der Waals surface area contributed by atoms with E-state index in [1.165, 1.54) is 26.5 Å². The Bertz CT molecular complexity index is 1220. The molecule has 0 radical (unpaired) electrons. The van der Waals surface area contributed by atoms with Gasteiger partial charge >= 0.3 is 0 Å². The van der Waals surface area contributed by atoms with E-state index in [0.717, 1.165) is 12.1 Å². The number of aromatic nitrogens is 1. The van der Waals surface area contributed by atoms with Crippen LogP contribution in [0.15, 0.2) is 47.0 Å². The minimum Gasteiger partial charge on any atom is -0.493 e. The fourth-order valence-electron chi connectivity index (χ4n) is 3.92. The maximum Gasteiger partial charge on any atom is 0.254 e. The van der Waals surface area contributed by atoms with Crippen molar-refractivity contribution in [1.29, 1.82) is 0 Å². The molecule has 2 amide bonds. The second-order valence-electron chi connectivity index (χ2n) is 7.99. The number of rotatable bonds is 7. The molecule has 10 heteroatoms. The number of methoxy groups -OCH3 is 2. The van der Waals surface area contributed by atoms with Crippen molar-refractivity contribution in [3.05, 3.63) is 65.7 Å². The van der Waals surface area contributed by atoms with E-state index in [1.54, 1.807) is 28.0 Å². The maximum absolute atomic E-state index is 13.9. The zero-order valence-electron chi connectivity index (χ0n) is 19.4. The average Bonchev–Trinajstić information content (AvgIpc) is 3.35. The number of nitrogens with zero attached hydrogens (tertiary/aromatic N) is 3. The number of piperazine rings is 1. The predicted molar refractivity (Wildman–Crippen MR) is 122 cm³/mol. The lowest BCUT2D eigenvalue weighted by molar-refractivity contribution is -0.132. The summed E-state index contributed by atoms with van der Waals surface area (Å²) < 4.78 is 43.1. The number of halogens is 2. The van der Waals surface area contributed by atoms with Crippen molar-refractivity contribution < 1.29 is 32.3 Å². The highest BCUT2D eigenvalue weighted by molar-refractivity contribution is 5.95. The molecule has 3 aromatic rings. The van der Waals surface area contributed by atoms with E-state index in [0.29, 0.717) is 49.1 Å². The molecule has 4 rings (SSSR count). The number of aryl methyl sites for hydroxylation is 1. The zero-order valence-corrected chi connectivity index (χ0v) is 19.4. The van der Waals surface area contributed by atoms with Crippen LogP contribution in [0, 0.1) is 11.6 Å². The van der Waals surface area contributed by atoms with Crippen LogP contribution in [-0.2, 0) is 11.2 Å². The molecule has 0 saturated carbocycles. The van der Waals surface area contributed by atoms with E-state index in [2.05, 4.69) is 4.98 Å². The van der Waals surface area contributed by atoms with Crippen molar-refractivity contribution in [1.82, 2.24) is 14.8 Å². The highest BCUT2D eigenvalue weighted by atomic mass is 19.1. The van der Waals surface area contributed by atoms with Gasteiger partial charge < -0.3 is 23.7 Å². The molecule has 0 unspecified atom stereocenters. The van der Waals surface area contributed by atoms with Crippen LogP contribution in [0.3, 0.4) is 0 Å². The lowest BCUT2D eigenvalue weighted by Crippen LogP contribution is -2.50. The van der Waals surface area contributed by atoms with Crippen LogP contribution >= 0.6 is 0 Å². The van der Waals surface area contributed by atoms with Crippen molar-refractivity contribution in [2.75, 3.05) is 40.4 Å². The topological polar surface area (TPSA) is 85.1 Å². The maximum atomic E-state index is 13.9. The Morgan fingerprint density at radius 2 is 1.69 bits per heavy atom. The first kappa shape index (κ1) is 24.2. The van der Waals surface area contributed by atoms with Gasteiger partial charge in [0.1, 0.15) is 11.6 Å². The van der Waals surface area contributed by atoms with E-state index in [1.807, 2.05) is 0 Å². The third-order valence-electron chi connectivity index (χ3n) is 5.85. The summed E-state index contributed by atoms with van der Waals surface area (Å²) >= 11 is 0. The quantitative estimate of drug-likeness (QED) is 0.509. The molecule has 0 spiro atoms. The molecule has 1 saturated heterocycles. The van der Waals surface area contributed by atoms with E-state index < -0.39 is 11.6 Å². The summed E-state index contributed by atoms with van der Waals surface area (Å²) in [6.45, 7) is 1.64. The van der Waals surface area contributed by atoms with E-state index in [9.17, 15) is 18.4 Å². The monoisotopic (exact) mass is 485 g/mol. The molecular weight excluding hydrogens is 460 g/mol. The summed E-state index contributed by atoms with van der Waals surface area (Å²) in [6, 6.07) is 8.20. The molecule has 1 aliphatic heterocycles. The highest BCUT2D eigenvalue weighted by Crippen LogP contribution is 2.28.